The Hall–Kier alpha value is -1.87. The van der Waals surface area contributed by atoms with Crippen LogP contribution in [0.5, 0.6) is 0 Å². The normalized spacial score (nSPS) is 11.1. The maximum atomic E-state index is 13.9. The van der Waals surface area contributed by atoms with Gasteiger partial charge in [0, 0.05) is 18.6 Å². The molecule has 0 aliphatic heterocycles. The number of halogens is 2. The molecule has 0 N–H and O–H groups in total. The second-order valence-electron chi connectivity index (χ2n) is 5.33. The summed E-state index contributed by atoms with van der Waals surface area (Å²) in [6, 6.07) is 10.7. The highest BCUT2D eigenvalue weighted by Crippen LogP contribution is 2.26. The molecule has 116 valence electrons. The Labute approximate surface area is 136 Å². The van der Waals surface area contributed by atoms with Gasteiger partial charge >= 0.3 is 0 Å². The molecule has 2 nitrogen and oxygen atoms in total. The third kappa shape index (κ3) is 4.31. The molecule has 0 aromatic heterocycles. The van der Waals surface area contributed by atoms with E-state index in [2.05, 4.69) is 4.99 Å². The fourth-order valence-corrected chi connectivity index (χ4v) is 2.23. The van der Waals surface area contributed by atoms with Crippen LogP contribution in [0, 0.1) is 12.7 Å². The second kappa shape index (κ2) is 7.41. The summed E-state index contributed by atoms with van der Waals surface area (Å²) in [5.74, 6) is -0.263. The molecule has 0 unspecified atom stereocenters. The molecule has 2 rings (SSSR count). The molecular weight excluding hydrogens is 299 g/mol. The Morgan fingerprint density at radius 1 is 1.23 bits per heavy atom. The van der Waals surface area contributed by atoms with Crippen LogP contribution in [-0.2, 0) is 6.42 Å². The first-order chi connectivity index (χ1) is 10.5. The van der Waals surface area contributed by atoms with Crippen molar-refractivity contribution in [2.24, 2.45) is 4.99 Å². The Morgan fingerprint density at radius 2 is 1.91 bits per heavy atom. The van der Waals surface area contributed by atoms with E-state index in [1.165, 1.54) is 6.07 Å². The quantitative estimate of drug-likeness (QED) is 0.560. The fourth-order valence-electron chi connectivity index (χ4n) is 2.10. The second-order valence-corrected chi connectivity index (χ2v) is 5.77. The van der Waals surface area contributed by atoms with Crippen LogP contribution in [0.4, 0.5) is 10.1 Å². The summed E-state index contributed by atoms with van der Waals surface area (Å²) in [5.41, 5.74) is 3.70. The number of benzene rings is 2. The number of aliphatic imine (C=N–C) groups is 1. The van der Waals surface area contributed by atoms with Crippen LogP contribution in [0.25, 0.3) is 0 Å². The highest BCUT2D eigenvalue weighted by Gasteiger charge is 2.08. The zero-order chi connectivity index (χ0) is 16.1. The molecule has 0 saturated carbocycles. The van der Waals surface area contributed by atoms with E-state index in [0.29, 0.717) is 17.1 Å². The highest BCUT2D eigenvalue weighted by atomic mass is 35.5. The van der Waals surface area contributed by atoms with Crippen LogP contribution in [0.1, 0.15) is 23.6 Å². The van der Waals surface area contributed by atoms with Gasteiger partial charge in [0.2, 0.25) is 0 Å². The fraction of sp³-hybridized carbons (Fsp3) is 0.278. The first kappa shape index (κ1) is 16.5. The van der Waals surface area contributed by atoms with Gasteiger partial charge in [-0.05, 0) is 61.2 Å². The molecule has 0 bridgehead atoms. The van der Waals surface area contributed by atoms with E-state index in [1.807, 2.05) is 50.1 Å². The summed E-state index contributed by atoms with van der Waals surface area (Å²) < 4.78 is 13.9. The van der Waals surface area contributed by atoms with Crippen molar-refractivity contribution in [1.82, 2.24) is 4.90 Å². The minimum absolute atomic E-state index is 0.263. The Bertz CT molecular complexity index is 666. The third-order valence-corrected chi connectivity index (χ3v) is 3.91. The smallest absolute Gasteiger partial charge is 0.125 e. The summed E-state index contributed by atoms with van der Waals surface area (Å²) in [6.45, 7) is 4.87. The van der Waals surface area contributed by atoms with Gasteiger partial charge in [-0.2, -0.15) is 0 Å². The maximum Gasteiger partial charge on any atom is 0.125 e. The average molecular weight is 319 g/mol. The van der Waals surface area contributed by atoms with Crippen molar-refractivity contribution in [1.29, 1.82) is 0 Å². The molecule has 0 heterocycles. The van der Waals surface area contributed by atoms with Crippen molar-refractivity contribution in [3.8, 4) is 0 Å². The lowest BCUT2D eigenvalue weighted by Crippen LogP contribution is -2.14. The van der Waals surface area contributed by atoms with E-state index in [9.17, 15) is 4.39 Å². The lowest BCUT2D eigenvalue weighted by molar-refractivity contribution is 0.552. The molecule has 0 saturated heterocycles. The molecule has 0 amide bonds. The number of hydrogen-bond donors (Lipinski definition) is 0. The molecule has 0 radical (unpaired) electrons. The monoisotopic (exact) mass is 318 g/mol. The zero-order valence-electron chi connectivity index (χ0n) is 13.1. The SMILES string of the molecule is CCN(C)/C=N\c1cc(F)cc(Cc2ccc(Cl)cc2)c1C. The van der Waals surface area contributed by atoms with Gasteiger partial charge in [-0.1, -0.05) is 23.7 Å². The van der Waals surface area contributed by atoms with Gasteiger partial charge < -0.3 is 4.90 Å². The van der Waals surface area contributed by atoms with Crippen LogP contribution < -0.4 is 0 Å². The van der Waals surface area contributed by atoms with Crippen LogP contribution in [0.2, 0.25) is 5.02 Å². The maximum absolute atomic E-state index is 13.9. The minimum Gasteiger partial charge on any atom is -0.366 e. The number of hydrogen-bond acceptors (Lipinski definition) is 1. The Kier molecular flexibility index (Phi) is 5.56. The summed E-state index contributed by atoms with van der Waals surface area (Å²) in [7, 11) is 1.94. The van der Waals surface area contributed by atoms with E-state index in [4.69, 9.17) is 11.6 Å². The van der Waals surface area contributed by atoms with Crippen molar-refractivity contribution in [2.75, 3.05) is 13.6 Å². The van der Waals surface area contributed by atoms with Gasteiger partial charge in [-0.3, -0.25) is 0 Å². The number of nitrogens with zero attached hydrogens (tertiary/aromatic N) is 2. The van der Waals surface area contributed by atoms with Crippen LogP contribution in [-0.4, -0.2) is 24.8 Å². The predicted molar refractivity (Wildman–Crippen MR) is 91.9 cm³/mol. The van der Waals surface area contributed by atoms with Crippen molar-refractivity contribution in [2.45, 2.75) is 20.3 Å². The number of rotatable bonds is 5. The van der Waals surface area contributed by atoms with Crippen molar-refractivity contribution in [3.05, 3.63) is 63.9 Å². The molecular formula is C18H20ClFN2. The van der Waals surface area contributed by atoms with Crippen molar-refractivity contribution in [3.63, 3.8) is 0 Å². The summed E-state index contributed by atoms with van der Waals surface area (Å²) in [6.07, 6.45) is 2.39. The van der Waals surface area contributed by atoms with Gasteiger partial charge in [0.1, 0.15) is 5.82 Å². The van der Waals surface area contributed by atoms with Crippen molar-refractivity contribution >= 4 is 23.6 Å². The summed E-state index contributed by atoms with van der Waals surface area (Å²) >= 11 is 5.90. The van der Waals surface area contributed by atoms with E-state index in [1.54, 1.807) is 12.4 Å². The molecule has 0 fully saturated rings. The largest absolute Gasteiger partial charge is 0.366 e. The van der Waals surface area contributed by atoms with Gasteiger partial charge in [0.25, 0.3) is 0 Å². The molecule has 0 aliphatic rings. The van der Waals surface area contributed by atoms with Gasteiger partial charge in [-0.15, -0.1) is 0 Å². The molecule has 0 spiro atoms. The molecule has 0 aliphatic carbocycles. The molecule has 2 aromatic rings. The van der Waals surface area contributed by atoms with E-state index < -0.39 is 0 Å². The Balaban J connectivity index is 2.30. The van der Waals surface area contributed by atoms with Gasteiger partial charge in [0.05, 0.1) is 12.0 Å². The molecule has 2 aromatic carbocycles. The van der Waals surface area contributed by atoms with E-state index >= 15 is 0 Å². The van der Waals surface area contributed by atoms with Gasteiger partial charge in [0.15, 0.2) is 0 Å². The topological polar surface area (TPSA) is 15.6 Å². The lowest BCUT2D eigenvalue weighted by Gasteiger charge is -2.12. The average Bonchev–Trinajstić information content (AvgIpc) is 2.50. The standard InChI is InChI=1S/C18H20ClFN2/c1-4-22(3)12-21-18-11-17(20)10-15(13(18)2)9-14-5-7-16(19)8-6-14/h5-8,10-12H,4,9H2,1-3H3/b21-12-. The Morgan fingerprint density at radius 3 is 2.55 bits per heavy atom. The van der Waals surface area contributed by atoms with Crippen LogP contribution in [0.15, 0.2) is 41.4 Å². The highest BCUT2D eigenvalue weighted by molar-refractivity contribution is 6.30. The lowest BCUT2D eigenvalue weighted by atomic mass is 9.99. The van der Waals surface area contributed by atoms with Crippen molar-refractivity contribution < 1.29 is 4.39 Å². The van der Waals surface area contributed by atoms with E-state index in [0.717, 1.165) is 23.2 Å². The molecule has 4 heteroatoms. The summed E-state index contributed by atoms with van der Waals surface area (Å²) in [5, 5.41) is 0.701. The van der Waals surface area contributed by atoms with Crippen LogP contribution >= 0.6 is 11.6 Å². The third-order valence-electron chi connectivity index (χ3n) is 3.65. The predicted octanol–water partition coefficient (Wildman–Crippen LogP) is 4.99. The first-order valence-corrected chi connectivity index (χ1v) is 7.65. The van der Waals surface area contributed by atoms with Gasteiger partial charge in [-0.25, -0.2) is 9.38 Å². The molecule has 0 atom stereocenters. The van der Waals surface area contributed by atoms with E-state index in [-0.39, 0.29) is 5.82 Å². The zero-order valence-corrected chi connectivity index (χ0v) is 13.9. The summed E-state index contributed by atoms with van der Waals surface area (Å²) in [4.78, 5) is 6.34. The molecule has 22 heavy (non-hydrogen) atoms. The minimum atomic E-state index is -0.263. The van der Waals surface area contributed by atoms with Crippen LogP contribution in [0.3, 0.4) is 0 Å². The first-order valence-electron chi connectivity index (χ1n) is 7.27.